The molecule has 0 radical (unpaired) electrons. The number of likely N-dealkylation sites (N-methyl/N-ethyl adjacent to an activating group) is 1. The van der Waals surface area contributed by atoms with Gasteiger partial charge >= 0.3 is 0 Å². The first-order valence-corrected chi connectivity index (χ1v) is 6.32. The van der Waals surface area contributed by atoms with Gasteiger partial charge in [-0.2, -0.15) is 0 Å². The van der Waals surface area contributed by atoms with Crippen LogP contribution in [0, 0.1) is 11.7 Å². The third-order valence-corrected chi connectivity index (χ3v) is 3.57. The fraction of sp³-hybridized carbons (Fsp3) is 0.500. The van der Waals surface area contributed by atoms with Gasteiger partial charge in [0.15, 0.2) is 0 Å². The van der Waals surface area contributed by atoms with Crippen LogP contribution >= 0.6 is 0 Å². The van der Waals surface area contributed by atoms with Crippen molar-refractivity contribution in [3.63, 3.8) is 0 Å². The van der Waals surface area contributed by atoms with Crippen molar-refractivity contribution in [2.45, 2.75) is 25.3 Å². The van der Waals surface area contributed by atoms with E-state index in [2.05, 4.69) is 0 Å². The number of carbonyl (C=O) groups excluding carboxylic acids is 1. The smallest absolute Gasteiger partial charge is 0.227 e. The Kier molecular flexibility index (Phi) is 3.97. The van der Waals surface area contributed by atoms with Crippen LogP contribution in [0.3, 0.4) is 0 Å². The van der Waals surface area contributed by atoms with Crippen LogP contribution in [-0.4, -0.2) is 30.4 Å². The second-order valence-corrected chi connectivity index (χ2v) is 4.95. The van der Waals surface area contributed by atoms with E-state index in [0.29, 0.717) is 18.9 Å². The van der Waals surface area contributed by atoms with Crippen LogP contribution in [0.1, 0.15) is 18.4 Å². The summed E-state index contributed by atoms with van der Waals surface area (Å²) >= 11 is 0. The molecule has 1 atom stereocenters. The van der Waals surface area contributed by atoms with E-state index in [0.717, 1.165) is 18.4 Å². The van der Waals surface area contributed by atoms with Crippen LogP contribution in [0.15, 0.2) is 24.3 Å². The highest BCUT2D eigenvalue weighted by Crippen LogP contribution is 2.34. The molecule has 1 aromatic carbocycles. The molecule has 1 aromatic rings. The molecule has 0 heterocycles. The molecule has 4 heteroatoms. The lowest BCUT2D eigenvalue weighted by Gasteiger charge is -2.27. The lowest BCUT2D eigenvalue weighted by molar-refractivity contribution is -0.131. The maximum Gasteiger partial charge on any atom is 0.227 e. The summed E-state index contributed by atoms with van der Waals surface area (Å²) in [6, 6.07) is 6.21. The molecule has 2 N–H and O–H groups in total. The molecule has 1 aliphatic rings. The van der Waals surface area contributed by atoms with E-state index in [1.807, 2.05) is 7.05 Å². The summed E-state index contributed by atoms with van der Waals surface area (Å²) in [6.45, 7) is 0.510. The zero-order valence-corrected chi connectivity index (χ0v) is 10.6. The van der Waals surface area contributed by atoms with Crippen molar-refractivity contribution in [1.82, 2.24) is 4.90 Å². The highest BCUT2D eigenvalue weighted by Gasteiger charge is 2.34. The van der Waals surface area contributed by atoms with Crippen LogP contribution in [-0.2, 0) is 11.2 Å². The number of hydrogen-bond donors (Lipinski definition) is 1. The first-order chi connectivity index (χ1) is 8.61. The van der Waals surface area contributed by atoms with Gasteiger partial charge in [0.25, 0.3) is 0 Å². The number of rotatable bonds is 5. The van der Waals surface area contributed by atoms with Gasteiger partial charge in [-0.05, 0) is 36.5 Å². The van der Waals surface area contributed by atoms with Crippen molar-refractivity contribution in [3.8, 4) is 0 Å². The Balaban J connectivity index is 1.96. The van der Waals surface area contributed by atoms with Crippen LogP contribution in [0.25, 0.3) is 0 Å². The average molecular weight is 250 g/mol. The van der Waals surface area contributed by atoms with Crippen molar-refractivity contribution in [3.05, 3.63) is 35.6 Å². The Labute approximate surface area is 107 Å². The van der Waals surface area contributed by atoms with Crippen molar-refractivity contribution in [2.75, 3.05) is 13.6 Å². The third kappa shape index (κ3) is 3.07. The first kappa shape index (κ1) is 13.0. The minimum absolute atomic E-state index is 0.0453. The summed E-state index contributed by atoms with van der Waals surface area (Å²) in [5.41, 5.74) is 6.56. The van der Waals surface area contributed by atoms with Gasteiger partial charge in [0.2, 0.25) is 5.91 Å². The van der Waals surface area contributed by atoms with Gasteiger partial charge in [0, 0.05) is 19.6 Å². The highest BCUT2D eigenvalue weighted by atomic mass is 19.1. The molecular weight excluding hydrogens is 231 g/mol. The molecule has 98 valence electrons. The Morgan fingerprint density at radius 2 is 2.06 bits per heavy atom. The predicted molar refractivity (Wildman–Crippen MR) is 68.4 cm³/mol. The second kappa shape index (κ2) is 5.48. The average Bonchev–Trinajstić information content (AvgIpc) is 3.17. The fourth-order valence-corrected chi connectivity index (χ4v) is 2.23. The molecule has 2 rings (SSSR count). The minimum atomic E-state index is -0.280. The Morgan fingerprint density at radius 3 is 2.56 bits per heavy atom. The van der Waals surface area contributed by atoms with Gasteiger partial charge < -0.3 is 10.6 Å². The normalized spacial score (nSPS) is 16.4. The minimum Gasteiger partial charge on any atom is -0.341 e. The quantitative estimate of drug-likeness (QED) is 0.862. The first-order valence-electron chi connectivity index (χ1n) is 6.32. The largest absolute Gasteiger partial charge is 0.341 e. The number of hydrogen-bond acceptors (Lipinski definition) is 2. The maximum atomic E-state index is 12.8. The lowest BCUT2D eigenvalue weighted by atomic mass is 10.1. The summed E-state index contributed by atoms with van der Waals surface area (Å²) in [5, 5.41) is 0. The molecule has 1 saturated carbocycles. The summed E-state index contributed by atoms with van der Waals surface area (Å²) in [6.07, 6.45) is 2.63. The molecule has 1 aliphatic carbocycles. The van der Waals surface area contributed by atoms with E-state index in [1.165, 1.54) is 12.1 Å². The van der Waals surface area contributed by atoms with Gasteiger partial charge in [-0.3, -0.25) is 4.79 Å². The molecule has 0 saturated heterocycles. The monoisotopic (exact) mass is 250 g/mol. The van der Waals surface area contributed by atoms with Gasteiger partial charge in [0.05, 0.1) is 6.42 Å². The number of nitrogens with zero attached hydrogens (tertiary/aromatic N) is 1. The number of carbonyl (C=O) groups is 1. The fourth-order valence-electron chi connectivity index (χ4n) is 2.23. The van der Waals surface area contributed by atoms with Crippen LogP contribution < -0.4 is 5.73 Å². The molecular formula is C14H19FN2O. The van der Waals surface area contributed by atoms with E-state index in [-0.39, 0.29) is 17.8 Å². The highest BCUT2D eigenvalue weighted by molar-refractivity contribution is 5.78. The zero-order valence-electron chi connectivity index (χ0n) is 10.6. The molecule has 1 unspecified atom stereocenters. The molecule has 18 heavy (non-hydrogen) atoms. The topological polar surface area (TPSA) is 46.3 Å². The molecule has 0 aliphatic heterocycles. The molecule has 3 nitrogen and oxygen atoms in total. The summed E-state index contributed by atoms with van der Waals surface area (Å²) < 4.78 is 12.8. The van der Waals surface area contributed by atoms with Crippen LogP contribution in [0.4, 0.5) is 4.39 Å². The maximum absolute atomic E-state index is 12.8. The molecule has 0 spiro atoms. The van der Waals surface area contributed by atoms with Crippen molar-refractivity contribution >= 4 is 5.91 Å². The molecule has 0 aromatic heterocycles. The molecule has 0 bridgehead atoms. The summed E-state index contributed by atoms with van der Waals surface area (Å²) in [4.78, 5) is 13.9. The van der Waals surface area contributed by atoms with Crippen molar-refractivity contribution in [1.29, 1.82) is 0 Å². The third-order valence-electron chi connectivity index (χ3n) is 3.57. The second-order valence-electron chi connectivity index (χ2n) is 4.95. The van der Waals surface area contributed by atoms with Gasteiger partial charge in [-0.1, -0.05) is 12.1 Å². The summed E-state index contributed by atoms with van der Waals surface area (Å²) in [7, 11) is 1.81. The van der Waals surface area contributed by atoms with E-state index < -0.39 is 0 Å². The van der Waals surface area contributed by atoms with E-state index in [1.54, 1.807) is 17.0 Å². The van der Waals surface area contributed by atoms with Gasteiger partial charge in [-0.15, -0.1) is 0 Å². The Hall–Kier alpha value is -1.42. The standard InChI is InChI=1S/C14H19FN2O/c1-17(13(9-16)11-4-5-11)14(18)8-10-2-6-12(15)7-3-10/h2-3,6-7,11,13H,4-5,8-9,16H2,1H3. The van der Waals surface area contributed by atoms with E-state index in [4.69, 9.17) is 5.73 Å². The zero-order chi connectivity index (χ0) is 13.1. The number of benzene rings is 1. The van der Waals surface area contributed by atoms with Crippen molar-refractivity contribution in [2.24, 2.45) is 11.7 Å². The van der Waals surface area contributed by atoms with E-state index >= 15 is 0 Å². The molecule has 1 amide bonds. The van der Waals surface area contributed by atoms with E-state index in [9.17, 15) is 9.18 Å². The van der Waals surface area contributed by atoms with Crippen molar-refractivity contribution < 1.29 is 9.18 Å². The van der Waals surface area contributed by atoms with Crippen LogP contribution in [0.2, 0.25) is 0 Å². The van der Waals surface area contributed by atoms with Gasteiger partial charge in [0.1, 0.15) is 5.82 Å². The van der Waals surface area contributed by atoms with Crippen LogP contribution in [0.5, 0.6) is 0 Å². The Bertz CT molecular complexity index is 414. The predicted octanol–water partition coefficient (Wildman–Crippen LogP) is 1.56. The SMILES string of the molecule is CN(C(=O)Cc1ccc(F)cc1)C(CN)C1CC1. The number of nitrogens with two attached hydrogens (primary N) is 1. The number of halogens is 1. The van der Waals surface area contributed by atoms with Gasteiger partial charge in [-0.25, -0.2) is 4.39 Å². The Morgan fingerprint density at radius 1 is 1.44 bits per heavy atom. The summed E-state index contributed by atoms with van der Waals surface area (Å²) in [5.74, 6) is 0.332. The molecule has 1 fully saturated rings. The lowest BCUT2D eigenvalue weighted by Crippen LogP contribution is -2.43. The number of amides is 1.